The Morgan fingerprint density at radius 1 is 1.28 bits per heavy atom. The summed E-state index contributed by atoms with van der Waals surface area (Å²) in [6.07, 6.45) is 2.16. The minimum atomic E-state index is -1.08. The van der Waals surface area contributed by atoms with E-state index in [1.807, 2.05) is 0 Å². The average Bonchev–Trinajstić information content (AvgIpc) is 2.78. The van der Waals surface area contributed by atoms with Gasteiger partial charge in [0.1, 0.15) is 0 Å². The molecule has 7 nitrogen and oxygen atoms in total. The van der Waals surface area contributed by atoms with E-state index < -0.39 is 5.97 Å². The van der Waals surface area contributed by atoms with Crippen LogP contribution in [0.25, 0.3) is 17.5 Å². The highest BCUT2D eigenvalue weighted by molar-refractivity contribution is 5.84. The van der Waals surface area contributed by atoms with Gasteiger partial charge in [-0.15, -0.1) is 10.2 Å². The Bertz CT molecular complexity index is 619. The van der Waals surface area contributed by atoms with Gasteiger partial charge in [-0.25, -0.2) is 4.79 Å². The van der Waals surface area contributed by atoms with Gasteiger partial charge in [0, 0.05) is 12.2 Å². The summed E-state index contributed by atoms with van der Waals surface area (Å²) in [4.78, 5) is 10.4. The molecule has 0 bridgehead atoms. The van der Waals surface area contributed by atoms with Crippen molar-refractivity contribution in [2.45, 2.75) is 13.8 Å². The van der Waals surface area contributed by atoms with Crippen LogP contribution in [0, 0.1) is 13.8 Å². The van der Waals surface area contributed by atoms with Gasteiger partial charge in [0.2, 0.25) is 11.8 Å². The number of aliphatic carboxylic acids is 1. The third kappa shape index (κ3) is 2.57. The monoisotopic (exact) mass is 246 g/mol. The Balaban J connectivity index is 2.35. The van der Waals surface area contributed by atoms with Crippen molar-refractivity contribution in [1.82, 2.24) is 20.4 Å². The molecule has 0 unspecified atom stereocenters. The number of aryl methyl sites for hydroxylation is 2. The molecule has 0 saturated carbocycles. The molecule has 0 fully saturated rings. The molecule has 18 heavy (non-hydrogen) atoms. The number of hydrogen-bond donors (Lipinski definition) is 1. The van der Waals surface area contributed by atoms with E-state index in [0.29, 0.717) is 11.3 Å². The number of nitrogens with zero attached hydrogens (tertiary/aromatic N) is 4. The van der Waals surface area contributed by atoms with E-state index in [4.69, 9.17) is 9.52 Å². The lowest BCUT2D eigenvalue weighted by atomic mass is 10.2. The highest BCUT2D eigenvalue weighted by Gasteiger charge is 2.11. The smallest absolute Gasteiger partial charge is 0.328 e. The molecule has 2 rings (SSSR count). The molecule has 0 amide bonds. The van der Waals surface area contributed by atoms with Crippen molar-refractivity contribution in [1.29, 1.82) is 0 Å². The van der Waals surface area contributed by atoms with Crippen molar-refractivity contribution in [3.8, 4) is 11.5 Å². The minimum Gasteiger partial charge on any atom is -0.478 e. The van der Waals surface area contributed by atoms with Crippen LogP contribution in [-0.2, 0) is 4.79 Å². The molecule has 0 aliphatic heterocycles. The second-order valence-electron chi connectivity index (χ2n) is 3.60. The van der Waals surface area contributed by atoms with E-state index in [2.05, 4.69) is 20.4 Å². The van der Waals surface area contributed by atoms with Crippen molar-refractivity contribution in [3.63, 3.8) is 0 Å². The van der Waals surface area contributed by atoms with Crippen LogP contribution < -0.4 is 0 Å². The average molecular weight is 246 g/mol. The van der Waals surface area contributed by atoms with Gasteiger partial charge < -0.3 is 9.52 Å². The lowest BCUT2D eigenvalue weighted by Gasteiger charge is -1.99. The van der Waals surface area contributed by atoms with E-state index in [1.54, 1.807) is 19.9 Å². The summed E-state index contributed by atoms with van der Waals surface area (Å²) in [6.45, 7) is 3.58. The van der Waals surface area contributed by atoms with Gasteiger partial charge >= 0.3 is 5.97 Å². The predicted octanol–water partition coefficient (Wildman–Crippen LogP) is 1.24. The molecule has 0 atom stereocenters. The molecule has 2 heterocycles. The third-order valence-corrected chi connectivity index (χ3v) is 2.14. The Morgan fingerprint density at radius 3 is 2.78 bits per heavy atom. The second kappa shape index (κ2) is 4.74. The maximum atomic E-state index is 10.4. The molecule has 2 aromatic heterocycles. The zero-order valence-electron chi connectivity index (χ0n) is 9.78. The number of aromatic nitrogens is 4. The van der Waals surface area contributed by atoms with Crippen molar-refractivity contribution in [2.75, 3.05) is 0 Å². The van der Waals surface area contributed by atoms with Crippen LogP contribution in [0.2, 0.25) is 0 Å². The van der Waals surface area contributed by atoms with Crippen LogP contribution in [0.4, 0.5) is 0 Å². The van der Waals surface area contributed by atoms with Crippen LogP contribution in [-0.4, -0.2) is 31.5 Å². The Hall–Kier alpha value is -2.57. The van der Waals surface area contributed by atoms with Crippen LogP contribution in [0.15, 0.2) is 16.6 Å². The molecular weight excluding hydrogens is 236 g/mol. The first-order chi connectivity index (χ1) is 8.56. The minimum absolute atomic E-state index is 0.126. The summed E-state index contributed by atoms with van der Waals surface area (Å²) in [5.41, 5.74) is 2.08. The molecule has 7 heteroatoms. The van der Waals surface area contributed by atoms with E-state index in [0.717, 1.165) is 11.8 Å². The molecule has 0 aromatic carbocycles. The standard InChI is InChI=1S/C11H10N4O3/c1-6-5-8(7(2)13-12-6)11-15-14-9(18-11)3-4-10(16)17/h3-5H,1-2H3,(H,16,17)/b4-3+. The lowest BCUT2D eigenvalue weighted by Crippen LogP contribution is -1.93. The highest BCUT2D eigenvalue weighted by Crippen LogP contribution is 2.20. The van der Waals surface area contributed by atoms with Gasteiger partial charge in [-0.3, -0.25) is 0 Å². The lowest BCUT2D eigenvalue weighted by molar-refractivity contribution is -0.131. The number of hydrogen-bond acceptors (Lipinski definition) is 6. The van der Waals surface area contributed by atoms with Gasteiger partial charge in [-0.1, -0.05) is 0 Å². The SMILES string of the molecule is Cc1cc(-c2nnc(/C=C/C(=O)O)o2)c(C)nn1. The second-order valence-corrected chi connectivity index (χ2v) is 3.60. The molecule has 0 aliphatic carbocycles. The fourth-order valence-electron chi connectivity index (χ4n) is 1.32. The van der Waals surface area contributed by atoms with Gasteiger partial charge in [0.15, 0.2) is 0 Å². The van der Waals surface area contributed by atoms with Crippen molar-refractivity contribution in [2.24, 2.45) is 0 Å². The molecule has 2 aromatic rings. The largest absolute Gasteiger partial charge is 0.478 e. The molecular formula is C11H10N4O3. The summed E-state index contributed by atoms with van der Waals surface area (Å²) in [6, 6.07) is 1.78. The summed E-state index contributed by atoms with van der Waals surface area (Å²) in [7, 11) is 0. The normalized spacial score (nSPS) is 11.0. The van der Waals surface area contributed by atoms with Crippen LogP contribution >= 0.6 is 0 Å². The first kappa shape index (κ1) is 11.9. The maximum Gasteiger partial charge on any atom is 0.328 e. The zero-order chi connectivity index (χ0) is 13.1. The van der Waals surface area contributed by atoms with Gasteiger partial charge in [-0.05, 0) is 19.9 Å². The van der Waals surface area contributed by atoms with Crippen LogP contribution in [0.3, 0.4) is 0 Å². The van der Waals surface area contributed by atoms with Crippen molar-refractivity contribution < 1.29 is 14.3 Å². The Morgan fingerprint density at radius 2 is 2.06 bits per heavy atom. The third-order valence-electron chi connectivity index (χ3n) is 2.14. The molecule has 0 saturated heterocycles. The van der Waals surface area contributed by atoms with Gasteiger partial charge in [0.05, 0.1) is 17.0 Å². The quantitative estimate of drug-likeness (QED) is 0.812. The Labute approximate surface area is 102 Å². The Kier molecular flexibility index (Phi) is 3.13. The van der Waals surface area contributed by atoms with E-state index in [1.165, 1.54) is 6.08 Å². The highest BCUT2D eigenvalue weighted by atomic mass is 16.4. The molecule has 1 N–H and O–H groups in total. The van der Waals surface area contributed by atoms with Crippen LogP contribution in [0.5, 0.6) is 0 Å². The molecule has 0 radical (unpaired) electrons. The van der Waals surface area contributed by atoms with E-state index in [-0.39, 0.29) is 11.8 Å². The van der Waals surface area contributed by atoms with Gasteiger partial charge in [0.25, 0.3) is 0 Å². The number of carboxylic acid groups (broad SMARTS) is 1. The summed E-state index contributed by atoms with van der Waals surface area (Å²) in [5.74, 6) is -0.663. The van der Waals surface area contributed by atoms with Crippen molar-refractivity contribution in [3.05, 3.63) is 29.4 Å². The fraction of sp³-hybridized carbons (Fsp3) is 0.182. The first-order valence-corrected chi connectivity index (χ1v) is 5.12. The maximum absolute atomic E-state index is 10.4. The predicted molar refractivity (Wildman–Crippen MR) is 61.5 cm³/mol. The molecule has 0 spiro atoms. The number of rotatable bonds is 3. The van der Waals surface area contributed by atoms with E-state index >= 15 is 0 Å². The van der Waals surface area contributed by atoms with E-state index in [9.17, 15) is 4.79 Å². The first-order valence-electron chi connectivity index (χ1n) is 5.12. The summed E-state index contributed by atoms with van der Waals surface area (Å²) in [5, 5.41) is 23.9. The van der Waals surface area contributed by atoms with Gasteiger partial charge in [-0.2, -0.15) is 10.2 Å². The number of carbonyl (C=O) groups is 1. The summed E-state index contributed by atoms with van der Waals surface area (Å²) < 4.78 is 5.32. The topological polar surface area (TPSA) is 102 Å². The van der Waals surface area contributed by atoms with Crippen LogP contribution in [0.1, 0.15) is 17.3 Å². The molecule has 92 valence electrons. The zero-order valence-corrected chi connectivity index (χ0v) is 9.78. The summed E-state index contributed by atoms with van der Waals surface area (Å²) >= 11 is 0. The molecule has 0 aliphatic rings. The fourth-order valence-corrected chi connectivity index (χ4v) is 1.32. The number of carboxylic acids is 1. The van der Waals surface area contributed by atoms with Crippen molar-refractivity contribution >= 4 is 12.0 Å².